The molecule has 1 rings (SSSR count). The van der Waals surface area contributed by atoms with E-state index in [1.807, 2.05) is 0 Å². The van der Waals surface area contributed by atoms with Gasteiger partial charge in [0.25, 0.3) is 0 Å². The number of hydrogen-bond acceptors (Lipinski definition) is 2. The lowest BCUT2D eigenvalue weighted by atomic mass is 9.97. The van der Waals surface area contributed by atoms with Gasteiger partial charge in [-0.1, -0.05) is 0 Å². The maximum Gasteiger partial charge on any atom is 0.416 e. The third kappa shape index (κ3) is 2.40. The molecule has 0 aliphatic heterocycles. The Balaban J connectivity index is 3.43. The second-order valence-corrected chi connectivity index (χ2v) is 3.32. The molecule has 1 aromatic rings. The number of carbonyl (C=O) groups excluding carboxylic acids is 1. The highest BCUT2D eigenvalue weighted by atomic mass is 19.4. The van der Waals surface area contributed by atoms with Gasteiger partial charge < -0.3 is 0 Å². The summed E-state index contributed by atoms with van der Waals surface area (Å²) in [6.45, 7) is 1.43. The van der Waals surface area contributed by atoms with Crippen molar-refractivity contribution in [1.82, 2.24) is 0 Å². The van der Waals surface area contributed by atoms with Crippen LogP contribution in [-0.2, 0) is 12.6 Å². The van der Waals surface area contributed by atoms with Gasteiger partial charge >= 0.3 is 6.18 Å². The number of hydrogen-bond donors (Lipinski definition) is 0. The highest BCUT2D eigenvalue weighted by molar-refractivity contribution is 5.78. The number of rotatable bonds is 2. The van der Waals surface area contributed by atoms with Gasteiger partial charge in [0.15, 0.2) is 0 Å². The average molecular weight is 227 g/mol. The fraction of sp³-hybridized carbons (Fsp3) is 0.273. The molecule has 0 amide bonds. The molecule has 0 unspecified atom stereocenters. The van der Waals surface area contributed by atoms with Crippen LogP contribution < -0.4 is 0 Å². The number of nitriles is 1. The highest BCUT2D eigenvalue weighted by Crippen LogP contribution is 2.33. The number of benzene rings is 1. The Morgan fingerprint density at radius 3 is 2.50 bits per heavy atom. The zero-order chi connectivity index (χ0) is 12.3. The predicted octanol–water partition coefficient (Wildman–Crippen LogP) is 2.89. The monoisotopic (exact) mass is 227 g/mol. The molecule has 0 saturated heterocycles. The zero-order valence-corrected chi connectivity index (χ0v) is 8.43. The second kappa shape index (κ2) is 4.35. The van der Waals surface area contributed by atoms with E-state index in [0.717, 1.165) is 12.1 Å². The standard InChI is InChI=1S/C11H8F3NO/c1-7-4-10(11(12,13)14)8(2-3-15)5-9(7)6-16/h4-6H,2H2,1H3. The number of aryl methyl sites for hydroxylation is 1. The molecular weight excluding hydrogens is 219 g/mol. The van der Waals surface area contributed by atoms with Crippen LogP contribution in [0.25, 0.3) is 0 Å². The van der Waals surface area contributed by atoms with E-state index in [4.69, 9.17) is 5.26 Å². The molecule has 0 aromatic heterocycles. The molecule has 0 heterocycles. The molecule has 5 heteroatoms. The van der Waals surface area contributed by atoms with Crippen LogP contribution in [0.4, 0.5) is 13.2 Å². The Hall–Kier alpha value is -1.83. The van der Waals surface area contributed by atoms with Crippen molar-refractivity contribution in [1.29, 1.82) is 5.26 Å². The van der Waals surface area contributed by atoms with Gasteiger partial charge in [0, 0.05) is 5.56 Å². The summed E-state index contributed by atoms with van der Waals surface area (Å²) in [7, 11) is 0. The minimum atomic E-state index is -4.50. The van der Waals surface area contributed by atoms with E-state index >= 15 is 0 Å². The predicted molar refractivity (Wildman–Crippen MR) is 50.9 cm³/mol. The molecule has 0 radical (unpaired) electrons. The molecule has 0 aliphatic rings. The summed E-state index contributed by atoms with van der Waals surface area (Å²) < 4.78 is 37.8. The minimum absolute atomic E-state index is 0.164. The van der Waals surface area contributed by atoms with Crippen molar-refractivity contribution in [3.63, 3.8) is 0 Å². The number of carbonyl (C=O) groups is 1. The number of nitrogens with zero attached hydrogens (tertiary/aromatic N) is 1. The minimum Gasteiger partial charge on any atom is -0.298 e. The molecule has 0 atom stereocenters. The molecule has 0 bridgehead atoms. The molecule has 2 nitrogen and oxygen atoms in total. The smallest absolute Gasteiger partial charge is 0.298 e. The van der Waals surface area contributed by atoms with Crippen molar-refractivity contribution >= 4 is 6.29 Å². The normalized spacial score (nSPS) is 10.9. The molecule has 0 fully saturated rings. The molecule has 0 saturated carbocycles. The van der Waals surface area contributed by atoms with Gasteiger partial charge in [0.2, 0.25) is 0 Å². The maximum absolute atomic E-state index is 12.6. The van der Waals surface area contributed by atoms with Gasteiger partial charge in [0.05, 0.1) is 18.1 Å². The summed E-state index contributed by atoms with van der Waals surface area (Å²) >= 11 is 0. The molecule has 0 spiro atoms. The number of alkyl halides is 3. The van der Waals surface area contributed by atoms with Crippen LogP contribution in [0.15, 0.2) is 12.1 Å². The van der Waals surface area contributed by atoms with Gasteiger partial charge in [-0.15, -0.1) is 0 Å². The second-order valence-electron chi connectivity index (χ2n) is 3.32. The average Bonchev–Trinajstić information content (AvgIpc) is 2.19. The van der Waals surface area contributed by atoms with E-state index in [9.17, 15) is 18.0 Å². The Morgan fingerprint density at radius 1 is 1.44 bits per heavy atom. The molecule has 84 valence electrons. The largest absolute Gasteiger partial charge is 0.416 e. The lowest BCUT2D eigenvalue weighted by Gasteiger charge is -2.13. The first-order chi connectivity index (χ1) is 7.40. The maximum atomic E-state index is 12.6. The number of halogens is 3. The summed E-state index contributed by atoms with van der Waals surface area (Å²) in [6.07, 6.45) is -4.38. The van der Waals surface area contributed by atoms with E-state index in [1.54, 1.807) is 6.07 Å². The topological polar surface area (TPSA) is 40.9 Å². The fourth-order valence-corrected chi connectivity index (χ4v) is 1.39. The van der Waals surface area contributed by atoms with Crippen LogP contribution in [0.1, 0.15) is 27.0 Å². The Morgan fingerprint density at radius 2 is 2.06 bits per heavy atom. The van der Waals surface area contributed by atoms with Gasteiger partial charge in [-0.05, 0) is 30.2 Å². The molecule has 0 N–H and O–H groups in total. The molecule has 1 aromatic carbocycles. The first-order valence-electron chi connectivity index (χ1n) is 4.43. The summed E-state index contributed by atoms with van der Waals surface area (Å²) in [6, 6.07) is 3.67. The summed E-state index contributed by atoms with van der Waals surface area (Å²) in [5.41, 5.74) is -0.581. The quantitative estimate of drug-likeness (QED) is 0.729. The van der Waals surface area contributed by atoms with E-state index in [-0.39, 0.29) is 23.1 Å². The molecular formula is C11H8F3NO. The van der Waals surface area contributed by atoms with E-state index in [2.05, 4.69) is 0 Å². The Kier molecular flexibility index (Phi) is 3.33. The molecule has 16 heavy (non-hydrogen) atoms. The van der Waals surface area contributed by atoms with Crippen LogP contribution >= 0.6 is 0 Å². The van der Waals surface area contributed by atoms with E-state index in [0.29, 0.717) is 6.29 Å². The number of aldehydes is 1. The van der Waals surface area contributed by atoms with Crippen LogP contribution in [0.2, 0.25) is 0 Å². The van der Waals surface area contributed by atoms with Crippen LogP contribution in [-0.4, -0.2) is 6.29 Å². The molecule has 0 aliphatic carbocycles. The van der Waals surface area contributed by atoms with Crippen LogP contribution in [0, 0.1) is 18.3 Å². The Bertz CT molecular complexity index is 458. The zero-order valence-electron chi connectivity index (χ0n) is 8.43. The lowest BCUT2D eigenvalue weighted by Crippen LogP contribution is -2.10. The summed E-state index contributed by atoms with van der Waals surface area (Å²) in [5, 5.41) is 8.44. The van der Waals surface area contributed by atoms with Gasteiger partial charge in [-0.2, -0.15) is 18.4 Å². The first-order valence-corrected chi connectivity index (χ1v) is 4.43. The van der Waals surface area contributed by atoms with Gasteiger partial charge in [-0.25, -0.2) is 0 Å². The van der Waals surface area contributed by atoms with Crippen molar-refractivity contribution in [3.05, 3.63) is 34.4 Å². The van der Waals surface area contributed by atoms with Gasteiger partial charge in [-0.3, -0.25) is 4.79 Å². The fourth-order valence-electron chi connectivity index (χ4n) is 1.39. The SMILES string of the molecule is Cc1cc(C(F)(F)F)c(CC#N)cc1C=O. The summed E-state index contributed by atoms with van der Waals surface area (Å²) in [4.78, 5) is 10.6. The van der Waals surface area contributed by atoms with E-state index < -0.39 is 11.7 Å². The van der Waals surface area contributed by atoms with Crippen LogP contribution in [0.3, 0.4) is 0 Å². The first kappa shape index (κ1) is 12.2. The Labute approximate surface area is 90.3 Å². The van der Waals surface area contributed by atoms with E-state index in [1.165, 1.54) is 6.92 Å². The third-order valence-corrected chi connectivity index (χ3v) is 2.19. The lowest BCUT2D eigenvalue weighted by molar-refractivity contribution is -0.138. The van der Waals surface area contributed by atoms with Gasteiger partial charge in [0.1, 0.15) is 6.29 Å². The van der Waals surface area contributed by atoms with Crippen molar-refractivity contribution in [3.8, 4) is 6.07 Å². The van der Waals surface area contributed by atoms with Crippen LogP contribution in [0.5, 0.6) is 0 Å². The van der Waals surface area contributed by atoms with Crippen molar-refractivity contribution < 1.29 is 18.0 Å². The third-order valence-electron chi connectivity index (χ3n) is 2.19. The summed E-state index contributed by atoms with van der Waals surface area (Å²) in [5.74, 6) is 0. The van der Waals surface area contributed by atoms with Crippen molar-refractivity contribution in [2.75, 3.05) is 0 Å². The van der Waals surface area contributed by atoms with Crippen molar-refractivity contribution in [2.24, 2.45) is 0 Å². The highest BCUT2D eigenvalue weighted by Gasteiger charge is 2.33. The van der Waals surface area contributed by atoms with Crippen molar-refractivity contribution in [2.45, 2.75) is 19.5 Å².